The molecule has 1 aromatic heterocycles. The maximum Gasteiger partial charge on any atom is 0.251 e. The molecule has 2 N–H and O–H groups in total. The minimum absolute atomic E-state index is 0.0448. The first-order chi connectivity index (χ1) is 9.60. The summed E-state index contributed by atoms with van der Waals surface area (Å²) in [6, 6.07) is 2.92. The van der Waals surface area contributed by atoms with Crippen molar-refractivity contribution in [3.05, 3.63) is 28.7 Å². The number of nitrogens with two attached hydrogens (primary N) is 1. The molecule has 20 heavy (non-hydrogen) atoms. The summed E-state index contributed by atoms with van der Waals surface area (Å²) >= 11 is 0. The number of aromatic nitrogens is 1. The highest BCUT2D eigenvalue weighted by Crippen LogP contribution is 2.14. The minimum atomic E-state index is -0.211. The molecule has 0 aromatic carbocycles. The Labute approximate surface area is 118 Å². The number of rotatable bonds is 4. The quantitative estimate of drug-likeness (QED) is 0.868. The van der Waals surface area contributed by atoms with Gasteiger partial charge in [-0.25, -0.2) is 0 Å². The number of amides is 1. The van der Waals surface area contributed by atoms with E-state index in [2.05, 4.69) is 0 Å². The van der Waals surface area contributed by atoms with Crippen LogP contribution < -0.4 is 11.3 Å². The van der Waals surface area contributed by atoms with E-state index in [-0.39, 0.29) is 24.1 Å². The molecule has 0 atom stereocenters. The molecular weight excluding hydrogens is 258 g/mol. The van der Waals surface area contributed by atoms with Crippen LogP contribution in [-0.4, -0.2) is 41.2 Å². The number of likely N-dealkylation sites (tertiary alicyclic amines) is 1. The highest BCUT2D eigenvalue weighted by atomic mass is 16.5. The van der Waals surface area contributed by atoms with Crippen LogP contribution in [0.4, 0.5) is 5.69 Å². The van der Waals surface area contributed by atoms with Crippen LogP contribution in [0.5, 0.6) is 0 Å². The predicted octanol–water partition coefficient (Wildman–Crippen LogP) is 0.458. The van der Waals surface area contributed by atoms with Crippen LogP contribution in [0.25, 0.3) is 0 Å². The van der Waals surface area contributed by atoms with E-state index in [4.69, 9.17) is 10.5 Å². The average Bonchev–Trinajstić information content (AvgIpc) is 2.44. The molecule has 0 aliphatic carbocycles. The van der Waals surface area contributed by atoms with Gasteiger partial charge in [0.1, 0.15) is 6.54 Å². The van der Waals surface area contributed by atoms with Gasteiger partial charge in [0.2, 0.25) is 5.91 Å². The number of hydrogen-bond acceptors (Lipinski definition) is 4. The van der Waals surface area contributed by atoms with E-state index >= 15 is 0 Å². The van der Waals surface area contributed by atoms with Crippen molar-refractivity contribution in [2.75, 3.05) is 25.4 Å². The molecule has 6 nitrogen and oxygen atoms in total. The Hall–Kier alpha value is -1.82. The van der Waals surface area contributed by atoms with Gasteiger partial charge in [-0.1, -0.05) is 0 Å². The molecule has 1 saturated heterocycles. The van der Waals surface area contributed by atoms with Crippen molar-refractivity contribution in [3.63, 3.8) is 0 Å². The molecule has 1 aliphatic heterocycles. The zero-order valence-corrected chi connectivity index (χ0v) is 11.7. The van der Waals surface area contributed by atoms with Gasteiger partial charge < -0.3 is 19.9 Å². The van der Waals surface area contributed by atoms with E-state index in [1.807, 2.05) is 6.92 Å². The maximum absolute atomic E-state index is 12.2. The smallest absolute Gasteiger partial charge is 0.251 e. The highest BCUT2D eigenvalue weighted by Gasteiger charge is 2.23. The van der Waals surface area contributed by atoms with Crippen LogP contribution in [-0.2, 0) is 16.1 Å². The maximum atomic E-state index is 12.2. The first-order valence-electron chi connectivity index (χ1n) is 6.95. The molecule has 0 saturated carbocycles. The van der Waals surface area contributed by atoms with Gasteiger partial charge in [-0.15, -0.1) is 0 Å². The molecule has 1 aliphatic rings. The van der Waals surface area contributed by atoms with E-state index in [0.717, 1.165) is 12.8 Å². The molecule has 1 amide bonds. The summed E-state index contributed by atoms with van der Waals surface area (Å²) in [5, 5.41) is 0. The Morgan fingerprint density at radius 3 is 2.75 bits per heavy atom. The average molecular weight is 279 g/mol. The standard InChI is InChI=1S/C14H21N3O3/c1-2-20-12-5-7-16(8-6-12)14(19)10-17-9-11(15)3-4-13(17)18/h3-4,9,12H,2,5-8,10,15H2,1H3. The number of ether oxygens (including phenoxy) is 1. The van der Waals surface area contributed by atoms with Gasteiger partial charge in [0, 0.05) is 37.6 Å². The second-order valence-electron chi connectivity index (χ2n) is 4.96. The zero-order valence-electron chi connectivity index (χ0n) is 11.7. The fourth-order valence-electron chi connectivity index (χ4n) is 2.43. The third-order valence-electron chi connectivity index (χ3n) is 3.51. The molecule has 0 spiro atoms. The molecule has 0 unspecified atom stereocenters. The fraction of sp³-hybridized carbons (Fsp3) is 0.571. The lowest BCUT2D eigenvalue weighted by Gasteiger charge is -2.31. The number of carbonyl (C=O) groups is 1. The number of nitrogens with zero attached hydrogens (tertiary/aromatic N) is 2. The first-order valence-corrected chi connectivity index (χ1v) is 6.95. The van der Waals surface area contributed by atoms with Crippen molar-refractivity contribution in [2.45, 2.75) is 32.4 Å². The molecule has 1 fully saturated rings. The molecule has 0 radical (unpaired) electrons. The summed E-state index contributed by atoms with van der Waals surface area (Å²) < 4.78 is 6.91. The summed E-state index contributed by atoms with van der Waals surface area (Å²) in [7, 11) is 0. The molecule has 110 valence electrons. The molecule has 2 heterocycles. The van der Waals surface area contributed by atoms with Crippen LogP contribution in [0.1, 0.15) is 19.8 Å². The van der Waals surface area contributed by atoms with Crippen LogP contribution in [0, 0.1) is 0 Å². The van der Waals surface area contributed by atoms with Crippen molar-refractivity contribution in [3.8, 4) is 0 Å². The third kappa shape index (κ3) is 3.60. The largest absolute Gasteiger partial charge is 0.398 e. The fourth-order valence-corrected chi connectivity index (χ4v) is 2.43. The topological polar surface area (TPSA) is 77.6 Å². The monoisotopic (exact) mass is 279 g/mol. The lowest BCUT2D eigenvalue weighted by Crippen LogP contribution is -2.43. The molecule has 2 rings (SSSR count). The summed E-state index contributed by atoms with van der Waals surface area (Å²) in [4.78, 5) is 25.6. The Morgan fingerprint density at radius 1 is 1.40 bits per heavy atom. The van der Waals surface area contributed by atoms with E-state index in [9.17, 15) is 9.59 Å². The van der Waals surface area contributed by atoms with Crippen LogP contribution in [0.2, 0.25) is 0 Å². The third-order valence-corrected chi connectivity index (χ3v) is 3.51. The van der Waals surface area contributed by atoms with Gasteiger partial charge in [-0.05, 0) is 25.8 Å². The normalized spacial score (nSPS) is 16.4. The Balaban J connectivity index is 1.93. The summed E-state index contributed by atoms with van der Waals surface area (Å²) in [5.41, 5.74) is 5.90. The van der Waals surface area contributed by atoms with Crippen molar-refractivity contribution >= 4 is 11.6 Å². The van der Waals surface area contributed by atoms with Crippen LogP contribution in [0.3, 0.4) is 0 Å². The lowest BCUT2D eigenvalue weighted by atomic mass is 10.1. The Bertz CT molecular complexity index is 519. The Morgan fingerprint density at radius 2 is 2.10 bits per heavy atom. The number of pyridine rings is 1. The van der Waals surface area contributed by atoms with Gasteiger partial charge >= 0.3 is 0 Å². The number of hydrogen-bond donors (Lipinski definition) is 1. The van der Waals surface area contributed by atoms with Gasteiger partial charge in [0.05, 0.1) is 6.10 Å². The predicted molar refractivity (Wildman–Crippen MR) is 76.3 cm³/mol. The minimum Gasteiger partial charge on any atom is -0.398 e. The number of carbonyl (C=O) groups excluding carboxylic acids is 1. The highest BCUT2D eigenvalue weighted by molar-refractivity contribution is 5.76. The Kier molecular flexibility index (Phi) is 4.79. The van der Waals surface area contributed by atoms with Crippen LogP contribution in [0.15, 0.2) is 23.1 Å². The lowest BCUT2D eigenvalue weighted by molar-refractivity contribution is -0.134. The van der Waals surface area contributed by atoms with Gasteiger partial charge in [0.25, 0.3) is 5.56 Å². The zero-order chi connectivity index (χ0) is 14.5. The number of piperidine rings is 1. The van der Waals surface area contributed by atoms with Gasteiger partial charge in [0.15, 0.2) is 0 Å². The van der Waals surface area contributed by atoms with Crippen molar-refractivity contribution in [2.24, 2.45) is 0 Å². The van der Waals surface area contributed by atoms with E-state index < -0.39 is 0 Å². The summed E-state index contributed by atoms with van der Waals surface area (Å²) in [5.74, 6) is -0.0485. The molecule has 1 aromatic rings. The van der Waals surface area contributed by atoms with Gasteiger partial charge in [-0.3, -0.25) is 9.59 Å². The van der Waals surface area contributed by atoms with Crippen molar-refractivity contribution < 1.29 is 9.53 Å². The van der Waals surface area contributed by atoms with E-state index in [0.29, 0.717) is 25.4 Å². The second kappa shape index (κ2) is 6.56. The van der Waals surface area contributed by atoms with E-state index in [1.165, 1.54) is 22.9 Å². The van der Waals surface area contributed by atoms with Crippen molar-refractivity contribution in [1.29, 1.82) is 0 Å². The van der Waals surface area contributed by atoms with Crippen molar-refractivity contribution in [1.82, 2.24) is 9.47 Å². The molecular formula is C14H21N3O3. The first kappa shape index (κ1) is 14.6. The SMILES string of the molecule is CCOC1CCN(C(=O)Cn2cc(N)ccc2=O)CC1. The summed E-state index contributed by atoms with van der Waals surface area (Å²) in [6.07, 6.45) is 3.46. The second-order valence-corrected chi connectivity index (χ2v) is 4.96. The number of nitrogen functional groups attached to an aromatic ring is 1. The number of anilines is 1. The summed E-state index contributed by atoms with van der Waals surface area (Å²) in [6.45, 7) is 4.09. The van der Waals surface area contributed by atoms with E-state index in [1.54, 1.807) is 4.90 Å². The molecule has 6 heteroatoms. The molecule has 0 bridgehead atoms. The van der Waals surface area contributed by atoms with Gasteiger partial charge in [-0.2, -0.15) is 0 Å². The van der Waals surface area contributed by atoms with Crippen LogP contribution >= 0.6 is 0 Å².